The van der Waals surface area contributed by atoms with Crippen LogP contribution in [0.4, 0.5) is 0 Å². The Balaban J connectivity index is 2.51. The number of rotatable bonds is 2. The lowest BCUT2D eigenvalue weighted by Gasteiger charge is -2.03. The summed E-state index contributed by atoms with van der Waals surface area (Å²) in [7, 11) is 0. The molecule has 2 aromatic rings. The highest BCUT2D eigenvalue weighted by Crippen LogP contribution is 2.20. The van der Waals surface area contributed by atoms with Gasteiger partial charge in [-0.3, -0.25) is 0 Å². The highest BCUT2D eigenvalue weighted by Gasteiger charge is 2.04. The van der Waals surface area contributed by atoms with E-state index in [-0.39, 0.29) is 0 Å². The highest BCUT2D eigenvalue weighted by atomic mass is 32.2. The molecule has 0 aliphatic heterocycles. The van der Waals surface area contributed by atoms with Crippen LogP contribution in [0, 0.1) is 6.92 Å². The molecule has 0 spiro atoms. The molecule has 1 aromatic carbocycles. The largest absolute Gasteiger partial charge is 0.227 e. The Hall–Kier alpha value is -1.22. The normalized spacial score (nSPS) is 10.4. The van der Waals surface area contributed by atoms with Gasteiger partial charge in [0.1, 0.15) is 0 Å². The number of aromatic nitrogens is 2. The van der Waals surface area contributed by atoms with Crippen LogP contribution in [-0.2, 0) is 0 Å². The van der Waals surface area contributed by atoms with E-state index in [1.165, 1.54) is 5.03 Å². The first-order valence-electron chi connectivity index (χ1n) is 4.47. The Morgan fingerprint density at radius 2 is 1.93 bits per heavy atom. The molecule has 0 saturated heterocycles. The van der Waals surface area contributed by atoms with Gasteiger partial charge in [0.05, 0.1) is 16.4 Å². The molecule has 0 bridgehead atoms. The minimum Gasteiger partial charge on any atom is -0.227 e. The number of hydrogen-bond acceptors (Lipinski definition) is 2. The second-order valence-corrected chi connectivity index (χ2v) is 3.90. The van der Waals surface area contributed by atoms with Crippen molar-refractivity contribution in [2.24, 2.45) is 0 Å². The maximum atomic E-state index is 4.45. The van der Waals surface area contributed by atoms with Crippen LogP contribution in [0.5, 0.6) is 0 Å². The molecule has 72 valence electrons. The monoisotopic (exact) mass is 204 g/mol. The van der Waals surface area contributed by atoms with Crippen molar-refractivity contribution in [1.82, 2.24) is 9.78 Å². The average molecular weight is 204 g/mol. The fourth-order valence-electron chi connectivity index (χ4n) is 1.38. The van der Waals surface area contributed by atoms with Crippen molar-refractivity contribution < 1.29 is 0 Å². The van der Waals surface area contributed by atoms with E-state index >= 15 is 0 Å². The summed E-state index contributed by atoms with van der Waals surface area (Å²) in [5.74, 6) is 0. The number of hydrogen-bond donors (Lipinski definition) is 0. The van der Waals surface area contributed by atoms with Gasteiger partial charge in [0.2, 0.25) is 0 Å². The first-order chi connectivity index (χ1) is 6.81. The third-order valence-corrected chi connectivity index (χ3v) is 2.72. The van der Waals surface area contributed by atoms with E-state index in [0.717, 1.165) is 11.4 Å². The van der Waals surface area contributed by atoms with E-state index in [2.05, 4.69) is 29.6 Å². The van der Waals surface area contributed by atoms with E-state index in [9.17, 15) is 0 Å². The van der Waals surface area contributed by atoms with Crippen LogP contribution < -0.4 is 0 Å². The van der Waals surface area contributed by atoms with Crippen molar-refractivity contribution in [1.29, 1.82) is 0 Å². The first-order valence-corrected chi connectivity index (χ1v) is 5.70. The fraction of sp³-hybridized carbons (Fsp3) is 0.182. The SMILES string of the molecule is CSc1cc(C)nn1-c1ccccc1. The molecule has 0 amide bonds. The molecule has 0 radical (unpaired) electrons. The summed E-state index contributed by atoms with van der Waals surface area (Å²) >= 11 is 1.71. The molecule has 0 aliphatic rings. The van der Waals surface area contributed by atoms with Gasteiger partial charge in [-0.1, -0.05) is 18.2 Å². The van der Waals surface area contributed by atoms with Crippen molar-refractivity contribution in [3.8, 4) is 5.69 Å². The minimum absolute atomic E-state index is 1.05. The van der Waals surface area contributed by atoms with E-state index in [4.69, 9.17) is 0 Å². The fourth-order valence-corrected chi connectivity index (χ4v) is 1.98. The summed E-state index contributed by atoms with van der Waals surface area (Å²) in [6.45, 7) is 2.01. The molecule has 2 nitrogen and oxygen atoms in total. The van der Waals surface area contributed by atoms with E-state index in [1.54, 1.807) is 11.8 Å². The maximum Gasteiger partial charge on any atom is 0.0998 e. The molecule has 0 unspecified atom stereocenters. The van der Waals surface area contributed by atoms with Gasteiger partial charge < -0.3 is 0 Å². The molecule has 0 atom stereocenters. The zero-order chi connectivity index (χ0) is 9.97. The van der Waals surface area contributed by atoms with Crippen LogP contribution in [0.3, 0.4) is 0 Å². The predicted octanol–water partition coefficient (Wildman–Crippen LogP) is 2.90. The topological polar surface area (TPSA) is 17.8 Å². The molecular weight excluding hydrogens is 192 g/mol. The van der Waals surface area contributed by atoms with Gasteiger partial charge >= 0.3 is 0 Å². The Labute approximate surface area is 87.9 Å². The lowest BCUT2D eigenvalue weighted by molar-refractivity contribution is 0.795. The van der Waals surface area contributed by atoms with Gasteiger partial charge in [-0.25, -0.2) is 4.68 Å². The highest BCUT2D eigenvalue weighted by molar-refractivity contribution is 7.98. The van der Waals surface area contributed by atoms with Crippen LogP contribution in [-0.4, -0.2) is 16.0 Å². The maximum absolute atomic E-state index is 4.45. The third-order valence-electron chi connectivity index (χ3n) is 2.01. The molecule has 3 heteroatoms. The number of para-hydroxylation sites is 1. The predicted molar refractivity (Wildman–Crippen MR) is 60.1 cm³/mol. The first kappa shape index (κ1) is 9.34. The standard InChI is InChI=1S/C11H12N2S/c1-9-8-11(14-2)13(12-9)10-6-4-3-5-7-10/h3-8H,1-2H3. The van der Waals surface area contributed by atoms with Crippen LogP contribution in [0.1, 0.15) is 5.69 Å². The Morgan fingerprint density at radius 3 is 2.57 bits per heavy atom. The van der Waals surface area contributed by atoms with Crippen molar-refractivity contribution in [3.05, 3.63) is 42.1 Å². The quantitative estimate of drug-likeness (QED) is 0.700. The Morgan fingerprint density at radius 1 is 1.21 bits per heavy atom. The lowest BCUT2D eigenvalue weighted by Crippen LogP contribution is -1.97. The van der Waals surface area contributed by atoms with Gasteiger partial charge in [0.25, 0.3) is 0 Å². The molecule has 0 N–H and O–H groups in total. The van der Waals surface area contributed by atoms with Crippen LogP contribution in [0.2, 0.25) is 0 Å². The summed E-state index contributed by atoms with van der Waals surface area (Å²) in [5.41, 5.74) is 2.17. The van der Waals surface area contributed by atoms with E-state index in [0.29, 0.717) is 0 Å². The van der Waals surface area contributed by atoms with Gasteiger partial charge in [-0.05, 0) is 31.4 Å². The summed E-state index contributed by atoms with van der Waals surface area (Å²) in [4.78, 5) is 0. The van der Waals surface area contributed by atoms with Gasteiger partial charge in [-0.15, -0.1) is 11.8 Å². The van der Waals surface area contributed by atoms with Crippen LogP contribution >= 0.6 is 11.8 Å². The zero-order valence-electron chi connectivity index (χ0n) is 8.27. The molecular formula is C11H12N2S. The van der Waals surface area contributed by atoms with Crippen LogP contribution in [0.15, 0.2) is 41.4 Å². The van der Waals surface area contributed by atoms with E-state index in [1.807, 2.05) is 29.8 Å². The molecule has 0 fully saturated rings. The molecule has 1 aromatic heterocycles. The second-order valence-electron chi connectivity index (χ2n) is 3.08. The van der Waals surface area contributed by atoms with E-state index < -0.39 is 0 Å². The summed E-state index contributed by atoms with van der Waals surface area (Å²) < 4.78 is 1.97. The number of thioether (sulfide) groups is 1. The lowest BCUT2D eigenvalue weighted by atomic mass is 10.3. The average Bonchev–Trinajstić information content (AvgIpc) is 2.61. The molecule has 0 saturated carbocycles. The van der Waals surface area contributed by atoms with Gasteiger partial charge in [-0.2, -0.15) is 5.10 Å². The van der Waals surface area contributed by atoms with Gasteiger partial charge in [0, 0.05) is 0 Å². The molecule has 0 aliphatic carbocycles. The molecule has 14 heavy (non-hydrogen) atoms. The summed E-state index contributed by atoms with van der Waals surface area (Å²) in [5, 5.41) is 5.62. The van der Waals surface area contributed by atoms with Crippen molar-refractivity contribution in [3.63, 3.8) is 0 Å². The summed E-state index contributed by atoms with van der Waals surface area (Å²) in [6.07, 6.45) is 2.07. The minimum atomic E-state index is 1.05. The number of aryl methyl sites for hydroxylation is 1. The zero-order valence-corrected chi connectivity index (χ0v) is 9.08. The molecule has 2 rings (SSSR count). The van der Waals surface area contributed by atoms with Gasteiger partial charge in [0.15, 0.2) is 0 Å². The second kappa shape index (κ2) is 3.88. The Kier molecular flexibility index (Phi) is 2.59. The number of nitrogens with zero attached hydrogens (tertiary/aromatic N) is 2. The molecule has 1 heterocycles. The van der Waals surface area contributed by atoms with Crippen molar-refractivity contribution in [2.75, 3.05) is 6.26 Å². The van der Waals surface area contributed by atoms with Crippen LogP contribution in [0.25, 0.3) is 5.69 Å². The van der Waals surface area contributed by atoms with Crippen molar-refractivity contribution >= 4 is 11.8 Å². The number of benzene rings is 1. The summed E-state index contributed by atoms with van der Waals surface area (Å²) in [6, 6.07) is 12.3. The van der Waals surface area contributed by atoms with Crippen molar-refractivity contribution in [2.45, 2.75) is 11.9 Å². The third kappa shape index (κ3) is 1.68. The smallest absolute Gasteiger partial charge is 0.0998 e. The Bertz CT molecular complexity index is 420.